The molecule has 2 aliphatic rings. The van der Waals surface area contributed by atoms with Crippen molar-refractivity contribution in [2.24, 2.45) is 7.05 Å². The monoisotopic (exact) mass is 520 g/mol. The number of likely N-dealkylation sites (tertiary alicyclic amines) is 1. The van der Waals surface area contributed by atoms with Crippen molar-refractivity contribution in [2.45, 2.75) is 44.6 Å². The van der Waals surface area contributed by atoms with Gasteiger partial charge >= 0.3 is 5.69 Å². The molecule has 2 saturated heterocycles. The number of hydrogen-bond donors (Lipinski definition) is 0. The molecule has 200 valence electrons. The first-order chi connectivity index (χ1) is 18.6. The van der Waals surface area contributed by atoms with Crippen LogP contribution in [0.4, 0.5) is 4.39 Å². The van der Waals surface area contributed by atoms with E-state index in [4.69, 9.17) is 9.47 Å². The van der Waals surface area contributed by atoms with Crippen molar-refractivity contribution in [2.75, 3.05) is 39.5 Å². The zero-order valence-electron chi connectivity index (χ0n) is 21.7. The first kappa shape index (κ1) is 24.9. The topological polar surface area (TPSA) is 87.3 Å². The second-order valence-electron chi connectivity index (χ2n) is 10.3. The number of ether oxygens (including phenoxy) is 2. The van der Waals surface area contributed by atoms with Crippen molar-refractivity contribution >= 4 is 22.1 Å². The summed E-state index contributed by atoms with van der Waals surface area (Å²) < 4.78 is 29.9. The summed E-state index contributed by atoms with van der Waals surface area (Å²) in [5.41, 5.74) is 2.45. The van der Waals surface area contributed by atoms with Crippen molar-refractivity contribution in [3.63, 3.8) is 0 Å². The molecule has 0 atom stereocenters. The largest absolute Gasteiger partial charge is 0.478 e. The summed E-state index contributed by atoms with van der Waals surface area (Å²) in [4.78, 5) is 20.1. The van der Waals surface area contributed by atoms with Crippen LogP contribution in [0.1, 0.15) is 44.6 Å². The second kappa shape index (κ2) is 10.8. The minimum Gasteiger partial charge on any atom is -0.478 e. The molecule has 3 aromatic heterocycles. The van der Waals surface area contributed by atoms with Crippen LogP contribution >= 0.6 is 0 Å². The van der Waals surface area contributed by atoms with Crippen molar-refractivity contribution in [3.8, 4) is 17.0 Å². The number of halogens is 1. The summed E-state index contributed by atoms with van der Waals surface area (Å²) in [5.74, 6) is 0.109. The molecule has 0 aliphatic carbocycles. The average molecular weight is 521 g/mol. The third kappa shape index (κ3) is 4.78. The number of hydrogen-bond acceptors (Lipinski definition) is 7. The highest BCUT2D eigenvalue weighted by Crippen LogP contribution is 2.32. The smallest absolute Gasteiger partial charge is 0.330 e. The van der Waals surface area contributed by atoms with E-state index < -0.39 is 5.82 Å². The molecule has 2 aliphatic heterocycles. The number of benzene rings is 1. The van der Waals surface area contributed by atoms with Crippen LogP contribution in [0, 0.1) is 5.82 Å². The molecule has 0 N–H and O–H groups in total. The van der Waals surface area contributed by atoms with Crippen molar-refractivity contribution in [1.82, 2.24) is 29.2 Å². The predicted molar refractivity (Wildman–Crippen MR) is 143 cm³/mol. The number of fused-ring (bicyclic) bond motifs is 3. The highest BCUT2D eigenvalue weighted by Gasteiger charge is 2.25. The standard InChI is InChI=1S/C28H33FN6O3/c1-33-27-26(35(28(33)36)20-8-14-37-15-9-20)22-16-21(23(29)17-24(22)31-32-27)19-6-7-25(30-18-19)38-13-5-12-34-10-3-2-4-11-34/h6-7,16-18,20H,2-5,8-15H2,1H3. The van der Waals surface area contributed by atoms with Crippen molar-refractivity contribution in [1.29, 1.82) is 0 Å². The van der Waals surface area contributed by atoms with Gasteiger partial charge in [-0.2, -0.15) is 0 Å². The number of imidazole rings is 1. The van der Waals surface area contributed by atoms with Gasteiger partial charge in [0.15, 0.2) is 5.65 Å². The lowest BCUT2D eigenvalue weighted by molar-refractivity contribution is 0.0697. The maximum atomic E-state index is 15.2. The van der Waals surface area contributed by atoms with E-state index in [2.05, 4.69) is 20.1 Å². The zero-order valence-corrected chi connectivity index (χ0v) is 21.7. The zero-order chi connectivity index (χ0) is 26.1. The third-order valence-corrected chi connectivity index (χ3v) is 7.78. The molecule has 5 heterocycles. The number of nitrogens with zero attached hydrogens (tertiary/aromatic N) is 6. The van der Waals surface area contributed by atoms with Crippen molar-refractivity contribution < 1.29 is 13.9 Å². The molecule has 1 aromatic carbocycles. The minimum absolute atomic E-state index is 0.00568. The maximum absolute atomic E-state index is 15.2. The van der Waals surface area contributed by atoms with Crippen LogP contribution in [0.5, 0.6) is 5.88 Å². The van der Waals surface area contributed by atoms with E-state index in [-0.39, 0.29) is 11.7 Å². The molecule has 0 radical (unpaired) electrons. The number of aryl methyl sites for hydroxylation is 1. The molecule has 2 fully saturated rings. The van der Waals surface area contributed by atoms with Crippen LogP contribution in [-0.4, -0.2) is 68.7 Å². The third-order valence-electron chi connectivity index (χ3n) is 7.78. The van der Waals surface area contributed by atoms with E-state index in [1.807, 2.05) is 6.07 Å². The van der Waals surface area contributed by atoms with E-state index in [0.29, 0.717) is 58.9 Å². The number of rotatable bonds is 7. The Morgan fingerprint density at radius 3 is 2.68 bits per heavy atom. The van der Waals surface area contributed by atoms with Crippen LogP contribution < -0.4 is 10.4 Å². The molecule has 0 spiro atoms. The molecule has 0 amide bonds. The van der Waals surface area contributed by atoms with Gasteiger partial charge in [-0.15, -0.1) is 10.2 Å². The van der Waals surface area contributed by atoms with Gasteiger partial charge in [0.05, 0.1) is 12.1 Å². The van der Waals surface area contributed by atoms with Gasteiger partial charge in [-0.1, -0.05) is 6.42 Å². The molecule has 0 unspecified atom stereocenters. The average Bonchev–Trinajstić information content (AvgIpc) is 3.22. The lowest BCUT2D eigenvalue weighted by Crippen LogP contribution is -2.31. The Labute approximate surface area is 220 Å². The van der Waals surface area contributed by atoms with Gasteiger partial charge in [-0.25, -0.2) is 14.2 Å². The SMILES string of the molecule is Cn1c(=O)n(C2CCOCC2)c2c3cc(-c4ccc(OCCCN5CCCCC5)nc4)c(F)cc3nnc21. The first-order valence-corrected chi connectivity index (χ1v) is 13.6. The van der Waals surface area contributed by atoms with E-state index in [0.717, 1.165) is 25.8 Å². The van der Waals surface area contributed by atoms with Crippen LogP contribution in [0.25, 0.3) is 33.2 Å². The molecule has 6 rings (SSSR count). The van der Waals surface area contributed by atoms with E-state index in [1.165, 1.54) is 43.0 Å². The van der Waals surface area contributed by atoms with Gasteiger partial charge in [-0.05, 0) is 57.3 Å². The van der Waals surface area contributed by atoms with Gasteiger partial charge in [0, 0.05) is 67.7 Å². The molecular formula is C28H33FN6O3. The molecule has 0 bridgehead atoms. The molecule has 4 aromatic rings. The summed E-state index contributed by atoms with van der Waals surface area (Å²) >= 11 is 0. The molecule has 0 saturated carbocycles. The van der Waals surface area contributed by atoms with E-state index in [1.54, 1.807) is 29.9 Å². The lowest BCUT2D eigenvalue weighted by atomic mass is 10.0. The predicted octanol–water partition coefficient (Wildman–Crippen LogP) is 4.09. The van der Waals surface area contributed by atoms with E-state index >= 15 is 4.39 Å². The fourth-order valence-electron chi connectivity index (χ4n) is 5.69. The first-order valence-electron chi connectivity index (χ1n) is 13.6. The quantitative estimate of drug-likeness (QED) is 0.339. The Kier molecular flexibility index (Phi) is 7.08. The summed E-state index contributed by atoms with van der Waals surface area (Å²) in [7, 11) is 1.70. The van der Waals surface area contributed by atoms with E-state index in [9.17, 15) is 4.79 Å². The van der Waals surface area contributed by atoms with Gasteiger partial charge in [0.2, 0.25) is 5.88 Å². The van der Waals surface area contributed by atoms with Crippen LogP contribution in [0.15, 0.2) is 35.3 Å². The Hall–Kier alpha value is -3.37. The molecule has 10 heteroatoms. The summed E-state index contributed by atoms with van der Waals surface area (Å²) in [5, 5.41) is 9.18. The normalized spacial score (nSPS) is 17.4. The Bertz CT molecular complexity index is 1490. The Morgan fingerprint density at radius 1 is 1.11 bits per heavy atom. The highest BCUT2D eigenvalue weighted by molar-refractivity contribution is 6.02. The number of pyridine rings is 1. The van der Waals surface area contributed by atoms with Gasteiger partial charge in [0.1, 0.15) is 11.3 Å². The fourth-order valence-corrected chi connectivity index (χ4v) is 5.69. The van der Waals surface area contributed by atoms with Crippen LogP contribution in [0.3, 0.4) is 0 Å². The highest BCUT2D eigenvalue weighted by atomic mass is 19.1. The Morgan fingerprint density at radius 2 is 1.92 bits per heavy atom. The van der Waals surface area contributed by atoms with Gasteiger partial charge in [0.25, 0.3) is 0 Å². The fraction of sp³-hybridized carbons (Fsp3) is 0.500. The summed E-state index contributed by atoms with van der Waals surface area (Å²) in [6.07, 6.45) is 7.95. The molecule has 9 nitrogen and oxygen atoms in total. The summed E-state index contributed by atoms with van der Waals surface area (Å²) in [6, 6.07) is 6.73. The van der Waals surface area contributed by atoms with Gasteiger partial charge in [-0.3, -0.25) is 9.13 Å². The van der Waals surface area contributed by atoms with Crippen LogP contribution in [0.2, 0.25) is 0 Å². The number of piperidine rings is 1. The maximum Gasteiger partial charge on any atom is 0.330 e. The summed E-state index contributed by atoms with van der Waals surface area (Å²) in [6.45, 7) is 5.19. The lowest BCUT2D eigenvalue weighted by Gasteiger charge is -2.26. The van der Waals surface area contributed by atoms with Crippen LogP contribution in [-0.2, 0) is 11.8 Å². The minimum atomic E-state index is -0.418. The Balaban J connectivity index is 1.28. The van der Waals surface area contributed by atoms with Gasteiger partial charge < -0.3 is 14.4 Å². The number of aromatic nitrogens is 5. The second-order valence-corrected chi connectivity index (χ2v) is 10.3. The molecular weight excluding hydrogens is 487 g/mol. The van der Waals surface area contributed by atoms with Crippen molar-refractivity contribution in [3.05, 3.63) is 46.8 Å². The molecule has 38 heavy (non-hydrogen) atoms.